The van der Waals surface area contributed by atoms with E-state index in [0.29, 0.717) is 17.1 Å². The van der Waals surface area contributed by atoms with Gasteiger partial charge in [0.25, 0.3) is 0 Å². The monoisotopic (exact) mass is 273 g/mol. The molecule has 1 heterocycles. The predicted molar refractivity (Wildman–Crippen MR) is 82.2 cm³/mol. The summed E-state index contributed by atoms with van der Waals surface area (Å²) < 4.78 is 0. The first-order valence-corrected chi connectivity index (χ1v) is 7.67. The number of nitrogens with two attached hydrogens (primary N) is 2. The van der Waals surface area contributed by atoms with E-state index in [-0.39, 0.29) is 0 Å². The van der Waals surface area contributed by atoms with E-state index in [2.05, 4.69) is 23.2 Å². The average molecular weight is 273 g/mol. The van der Waals surface area contributed by atoms with Crippen LogP contribution in [0.3, 0.4) is 0 Å². The molecule has 4 N–H and O–H groups in total. The smallest absolute Gasteiger partial charge is 0.131 e. The minimum atomic E-state index is 0.416. The van der Waals surface area contributed by atoms with Gasteiger partial charge in [-0.15, -0.1) is 11.8 Å². The van der Waals surface area contributed by atoms with Gasteiger partial charge in [0.05, 0.1) is 0 Å². The Morgan fingerprint density at radius 2 is 1.89 bits per heavy atom. The Labute approximate surface area is 117 Å². The molecule has 4 heteroatoms. The maximum atomic E-state index is 5.95. The molecule has 100 valence electrons. The van der Waals surface area contributed by atoms with Crippen molar-refractivity contribution < 1.29 is 0 Å². The molecule has 1 aromatic heterocycles. The molecule has 0 radical (unpaired) electrons. The maximum Gasteiger partial charge on any atom is 0.131 e. The second-order valence-corrected chi connectivity index (χ2v) is 6.61. The van der Waals surface area contributed by atoms with E-state index in [9.17, 15) is 0 Å². The van der Waals surface area contributed by atoms with Gasteiger partial charge in [-0.05, 0) is 55.3 Å². The Balaban J connectivity index is 1.78. The van der Waals surface area contributed by atoms with Crippen molar-refractivity contribution in [2.24, 2.45) is 5.73 Å². The van der Waals surface area contributed by atoms with Crippen molar-refractivity contribution in [1.82, 2.24) is 4.98 Å². The Hall–Kier alpha value is -1.26. The standard InChI is InChI=1S/C15H19N3S/c16-11-1-3-12(4-2-11)19-13-5-6-14-10(9-13)7-8-18-15(14)17/h5-9,11-12H,1-4,16H2,(H2,17,18). The first kappa shape index (κ1) is 12.8. The zero-order valence-electron chi connectivity index (χ0n) is 10.9. The molecule has 3 nitrogen and oxygen atoms in total. The van der Waals surface area contributed by atoms with E-state index in [4.69, 9.17) is 11.5 Å². The number of fused-ring (bicyclic) bond motifs is 1. The minimum Gasteiger partial charge on any atom is -0.383 e. The number of rotatable bonds is 2. The third-order valence-electron chi connectivity index (χ3n) is 3.79. The fourth-order valence-electron chi connectivity index (χ4n) is 2.65. The van der Waals surface area contributed by atoms with Crippen LogP contribution in [0.15, 0.2) is 35.4 Å². The summed E-state index contributed by atoms with van der Waals surface area (Å²) >= 11 is 1.97. The Kier molecular flexibility index (Phi) is 3.62. The zero-order valence-corrected chi connectivity index (χ0v) is 11.7. The summed E-state index contributed by atoms with van der Waals surface area (Å²) in [6.07, 6.45) is 6.53. The number of aromatic nitrogens is 1. The fourth-order valence-corrected chi connectivity index (χ4v) is 3.89. The number of hydrogen-bond acceptors (Lipinski definition) is 4. The number of nitrogens with zero attached hydrogens (tertiary/aromatic N) is 1. The molecular weight excluding hydrogens is 254 g/mol. The van der Waals surface area contributed by atoms with Crippen molar-refractivity contribution in [2.45, 2.75) is 41.9 Å². The highest BCUT2D eigenvalue weighted by Crippen LogP contribution is 2.35. The van der Waals surface area contributed by atoms with Crippen molar-refractivity contribution in [3.05, 3.63) is 30.5 Å². The highest BCUT2D eigenvalue weighted by Gasteiger charge is 2.19. The molecule has 0 atom stereocenters. The van der Waals surface area contributed by atoms with Gasteiger partial charge in [-0.25, -0.2) is 4.98 Å². The van der Waals surface area contributed by atoms with Crippen LogP contribution in [0, 0.1) is 0 Å². The maximum absolute atomic E-state index is 5.95. The van der Waals surface area contributed by atoms with Crippen LogP contribution in [0.5, 0.6) is 0 Å². The third-order valence-corrected chi connectivity index (χ3v) is 5.12. The number of pyridine rings is 1. The fraction of sp³-hybridized carbons (Fsp3) is 0.400. The molecule has 0 bridgehead atoms. The van der Waals surface area contributed by atoms with Crippen LogP contribution in [0.25, 0.3) is 10.8 Å². The number of thioether (sulfide) groups is 1. The largest absolute Gasteiger partial charge is 0.383 e. The van der Waals surface area contributed by atoms with Gasteiger partial charge in [0.1, 0.15) is 5.82 Å². The molecule has 1 aliphatic rings. The van der Waals surface area contributed by atoms with E-state index in [0.717, 1.165) is 18.2 Å². The lowest BCUT2D eigenvalue weighted by molar-refractivity contribution is 0.451. The molecule has 1 fully saturated rings. The highest BCUT2D eigenvalue weighted by atomic mass is 32.2. The van der Waals surface area contributed by atoms with Crippen molar-refractivity contribution in [3.8, 4) is 0 Å². The number of anilines is 1. The van der Waals surface area contributed by atoms with Crippen LogP contribution in [0.4, 0.5) is 5.82 Å². The summed E-state index contributed by atoms with van der Waals surface area (Å²) in [5.74, 6) is 0.609. The summed E-state index contributed by atoms with van der Waals surface area (Å²) in [5, 5.41) is 2.92. The van der Waals surface area contributed by atoms with Crippen LogP contribution in [-0.2, 0) is 0 Å². The highest BCUT2D eigenvalue weighted by molar-refractivity contribution is 8.00. The van der Waals surface area contributed by atoms with Gasteiger partial charge in [0.2, 0.25) is 0 Å². The van der Waals surface area contributed by atoms with Gasteiger partial charge in [0.15, 0.2) is 0 Å². The molecular formula is C15H19N3S. The van der Waals surface area contributed by atoms with Crippen molar-refractivity contribution >= 4 is 28.4 Å². The summed E-state index contributed by atoms with van der Waals surface area (Å²) in [6, 6.07) is 8.88. The number of benzene rings is 1. The topological polar surface area (TPSA) is 64.9 Å². The summed E-state index contributed by atoms with van der Waals surface area (Å²) in [5.41, 5.74) is 11.8. The molecule has 19 heavy (non-hydrogen) atoms. The summed E-state index contributed by atoms with van der Waals surface area (Å²) in [4.78, 5) is 5.44. The summed E-state index contributed by atoms with van der Waals surface area (Å²) in [6.45, 7) is 0. The Bertz CT molecular complexity index is 577. The second-order valence-electron chi connectivity index (χ2n) is 5.23. The van der Waals surface area contributed by atoms with E-state index >= 15 is 0 Å². The van der Waals surface area contributed by atoms with Gasteiger partial charge in [0, 0.05) is 27.8 Å². The first-order valence-electron chi connectivity index (χ1n) is 6.79. The molecule has 1 aromatic carbocycles. The van der Waals surface area contributed by atoms with E-state index < -0.39 is 0 Å². The summed E-state index contributed by atoms with van der Waals surface area (Å²) in [7, 11) is 0. The van der Waals surface area contributed by atoms with E-state index in [1.807, 2.05) is 17.8 Å². The Morgan fingerprint density at radius 1 is 1.11 bits per heavy atom. The van der Waals surface area contributed by atoms with Crippen molar-refractivity contribution in [3.63, 3.8) is 0 Å². The molecule has 0 aliphatic heterocycles. The molecule has 3 rings (SSSR count). The van der Waals surface area contributed by atoms with Gasteiger partial charge in [-0.2, -0.15) is 0 Å². The average Bonchev–Trinajstić information content (AvgIpc) is 2.42. The zero-order chi connectivity index (χ0) is 13.2. The SMILES string of the molecule is Nc1nccc2cc(SC3CCC(N)CC3)ccc12. The molecule has 0 spiro atoms. The number of hydrogen-bond donors (Lipinski definition) is 2. The molecule has 0 amide bonds. The molecule has 1 aliphatic carbocycles. The normalized spacial score (nSPS) is 23.6. The molecule has 0 saturated heterocycles. The van der Waals surface area contributed by atoms with Gasteiger partial charge >= 0.3 is 0 Å². The quantitative estimate of drug-likeness (QED) is 0.882. The van der Waals surface area contributed by atoms with Gasteiger partial charge < -0.3 is 11.5 Å². The molecule has 2 aromatic rings. The van der Waals surface area contributed by atoms with Crippen LogP contribution < -0.4 is 11.5 Å². The Morgan fingerprint density at radius 3 is 2.68 bits per heavy atom. The third kappa shape index (κ3) is 2.85. The second kappa shape index (κ2) is 5.39. The first-order chi connectivity index (χ1) is 9.22. The van der Waals surface area contributed by atoms with Crippen molar-refractivity contribution in [2.75, 3.05) is 5.73 Å². The minimum absolute atomic E-state index is 0.416. The van der Waals surface area contributed by atoms with Crippen LogP contribution in [-0.4, -0.2) is 16.3 Å². The predicted octanol–water partition coefficient (Wildman–Crippen LogP) is 3.18. The van der Waals surface area contributed by atoms with Crippen LogP contribution in [0.1, 0.15) is 25.7 Å². The molecule has 0 unspecified atom stereocenters. The lowest BCUT2D eigenvalue weighted by Crippen LogP contribution is -2.27. The van der Waals surface area contributed by atoms with Gasteiger partial charge in [-0.3, -0.25) is 0 Å². The van der Waals surface area contributed by atoms with Crippen molar-refractivity contribution in [1.29, 1.82) is 0 Å². The lowest BCUT2D eigenvalue weighted by atomic mass is 9.96. The number of nitrogen functional groups attached to an aromatic ring is 1. The lowest BCUT2D eigenvalue weighted by Gasteiger charge is -2.25. The van der Waals surface area contributed by atoms with E-state index in [1.54, 1.807) is 6.20 Å². The van der Waals surface area contributed by atoms with Crippen LogP contribution >= 0.6 is 11.8 Å². The van der Waals surface area contributed by atoms with Crippen LogP contribution in [0.2, 0.25) is 0 Å². The van der Waals surface area contributed by atoms with E-state index in [1.165, 1.54) is 23.1 Å². The molecule has 1 saturated carbocycles. The van der Waals surface area contributed by atoms with Gasteiger partial charge in [-0.1, -0.05) is 0 Å².